The molecule has 0 amide bonds. The fraction of sp³-hybridized carbons (Fsp3) is 0.214. The summed E-state index contributed by atoms with van der Waals surface area (Å²) >= 11 is 0. The van der Waals surface area contributed by atoms with Gasteiger partial charge in [-0.1, -0.05) is 12.1 Å². The molecule has 0 saturated heterocycles. The Kier molecular flexibility index (Phi) is 4.47. The van der Waals surface area contributed by atoms with Crippen molar-refractivity contribution in [2.75, 3.05) is 11.9 Å². The highest BCUT2D eigenvalue weighted by molar-refractivity contribution is 5.41. The van der Waals surface area contributed by atoms with Crippen LogP contribution in [0.1, 0.15) is 12.5 Å². The van der Waals surface area contributed by atoms with Gasteiger partial charge >= 0.3 is 0 Å². The fourth-order valence-electron chi connectivity index (χ4n) is 1.59. The van der Waals surface area contributed by atoms with Crippen LogP contribution in [0.4, 0.5) is 14.6 Å². The monoisotopic (exact) mass is 280 g/mol. The number of nitrogens with zero attached hydrogens (tertiary/aromatic N) is 1. The molecule has 0 fully saturated rings. The lowest BCUT2D eigenvalue weighted by Gasteiger charge is -2.09. The SMILES string of the molecule is CCNc1nc(Oc2ccc(CO)cc2)c(F)cc1F. The molecular formula is C14H14F2N2O2. The Hall–Kier alpha value is -2.21. The maximum Gasteiger partial charge on any atom is 0.258 e. The number of ether oxygens (including phenoxy) is 1. The second kappa shape index (κ2) is 6.29. The van der Waals surface area contributed by atoms with Crippen molar-refractivity contribution >= 4 is 5.82 Å². The normalized spacial score (nSPS) is 10.4. The zero-order valence-electron chi connectivity index (χ0n) is 10.9. The molecule has 20 heavy (non-hydrogen) atoms. The summed E-state index contributed by atoms with van der Waals surface area (Å²) in [5.74, 6) is -1.67. The van der Waals surface area contributed by atoms with Crippen LogP contribution in [0.3, 0.4) is 0 Å². The minimum Gasteiger partial charge on any atom is -0.436 e. The quantitative estimate of drug-likeness (QED) is 0.883. The molecule has 0 aliphatic rings. The molecule has 1 aromatic heterocycles. The minimum absolute atomic E-state index is 0.0594. The van der Waals surface area contributed by atoms with E-state index in [1.54, 1.807) is 31.2 Å². The van der Waals surface area contributed by atoms with Gasteiger partial charge in [-0.15, -0.1) is 0 Å². The van der Waals surface area contributed by atoms with Crippen LogP contribution in [0, 0.1) is 11.6 Å². The van der Waals surface area contributed by atoms with Crippen LogP contribution in [0.2, 0.25) is 0 Å². The molecular weight excluding hydrogens is 266 g/mol. The summed E-state index contributed by atoms with van der Waals surface area (Å²) in [5.41, 5.74) is 0.707. The first-order chi connectivity index (χ1) is 9.63. The van der Waals surface area contributed by atoms with E-state index in [1.165, 1.54) is 0 Å². The predicted molar refractivity (Wildman–Crippen MR) is 70.8 cm³/mol. The van der Waals surface area contributed by atoms with E-state index in [0.29, 0.717) is 17.9 Å². The number of rotatable bonds is 5. The van der Waals surface area contributed by atoms with Crippen molar-refractivity contribution in [2.24, 2.45) is 0 Å². The Balaban J connectivity index is 2.25. The van der Waals surface area contributed by atoms with E-state index in [1.807, 2.05) is 0 Å². The van der Waals surface area contributed by atoms with Gasteiger partial charge in [0.15, 0.2) is 17.5 Å². The number of aliphatic hydroxyl groups is 1. The molecule has 2 aromatic rings. The van der Waals surface area contributed by atoms with E-state index in [9.17, 15) is 8.78 Å². The van der Waals surface area contributed by atoms with Crippen molar-refractivity contribution < 1.29 is 18.6 Å². The number of nitrogens with one attached hydrogen (secondary N) is 1. The van der Waals surface area contributed by atoms with E-state index in [0.717, 1.165) is 6.07 Å². The van der Waals surface area contributed by atoms with E-state index in [4.69, 9.17) is 9.84 Å². The Morgan fingerprint density at radius 1 is 1.20 bits per heavy atom. The number of benzene rings is 1. The van der Waals surface area contributed by atoms with Crippen molar-refractivity contribution in [2.45, 2.75) is 13.5 Å². The van der Waals surface area contributed by atoms with Crippen molar-refractivity contribution in [3.8, 4) is 11.6 Å². The number of aromatic nitrogens is 1. The smallest absolute Gasteiger partial charge is 0.258 e. The lowest BCUT2D eigenvalue weighted by molar-refractivity contribution is 0.281. The van der Waals surface area contributed by atoms with Gasteiger partial charge in [-0.3, -0.25) is 0 Å². The van der Waals surface area contributed by atoms with Crippen LogP contribution < -0.4 is 10.1 Å². The van der Waals surface area contributed by atoms with Crippen LogP contribution in [-0.2, 0) is 6.61 Å². The van der Waals surface area contributed by atoms with Gasteiger partial charge in [0.2, 0.25) is 0 Å². The van der Waals surface area contributed by atoms with Gasteiger partial charge in [-0.05, 0) is 24.6 Å². The summed E-state index contributed by atoms with van der Waals surface area (Å²) in [6, 6.07) is 7.15. The Morgan fingerprint density at radius 3 is 2.50 bits per heavy atom. The topological polar surface area (TPSA) is 54.4 Å². The first-order valence-corrected chi connectivity index (χ1v) is 6.11. The molecule has 6 heteroatoms. The van der Waals surface area contributed by atoms with Crippen LogP contribution >= 0.6 is 0 Å². The highest BCUT2D eigenvalue weighted by atomic mass is 19.1. The number of hydrogen-bond acceptors (Lipinski definition) is 4. The average molecular weight is 280 g/mol. The molecule has 0 radical (unpaired) electrons. The Morgan fingerprint density at radius 2 is 1.90 bits per heavy atom. The zero-order valence-corrected chi connectivity index (χ0v) is 10.9. The third-order valence-electron chi connectivity index (χ3n) is 2.56. The van der Waals surface area contributed by atoms with Gasteiger partial charge in [-0.2, -0.15) is 4.98 Å². The molecule has 2 N–H and O–H groups in total. The first kappa shape index (κ1) is 14.2. The number of halogens is 2. The Bertz CT molecular complexity index is 588. The number of anilines is 1. The molecule has 1 aromatic carbocycles. The fourth-order valence-corrected chi connectivity index (χ4v) is 1.59. The van der Waals surface area contributed by atoms with E-state index in [2.05, 4.69) is 10.3 Å². The van der Waals surface area contributed by atoms with Crippen LogP contribution in [0.5, 0.6) is 11.6 Å². The highest BCUT2D eigenvalue weighted by Gasteiger charge is 2.13. The average Bonchev–Trinajstić information content (AvgIpc) is 2.45. The molecule has 106 valence electrons. The molecule has 0 saturated carbocycles. The summed E-state index contributed by atoms with van der Waals surface area (Å²) in [6.45, 7) is 2.15. The summed E-state index contributed by atoms with van der Waals surface area (Å²) < 4.78 is 32.3. The van der Waals surface area contributed by atoms with Gasteiger partial charge in [0, 0.05) is 12.6 Å². The lowest BCUT2D eigenvalue weighted by atomic mass is 10.2. The lowest BCUT2D eigenvalue weighted by Crippen LogP contribution is -2.04. The van der Waals surface area contributed by atoms with Crippen molar-refractivity contribution in [1.29, 1.82) is 0 Å². The van der Waals surface area contributed by atoms with E-state index < -0.39 is 11.6 Å². The van der Waals surface area contributed by atoms with E-state index in [-0.39, 0.29) is 18.3 Å². The molecule has 0 aliphatic heterocycles. The van der Waals surface area contributed by atoms with Gasteiger partial charge < -0.3 is 15.2 Å². The third kappa shape index (κ3) is 3.21. The maximum absolute atomic E-state index is 13.6. The molecule has 0 atom stereocenters. The van der Waals surface area contributed by atoms with Crippen molar-refractivity contribution in [1.82, 2.24) is 4.98 Å². The van der Waals surface area contributed by atoms with Gasteiger partial charge in [0.05, 0.1) is 6.61 Å². The summed E-state index contributed by atoms with van der Waals surface area (Å²) in [6.07, 6.45) is 0. The number of aliphatic hydroxyl groups excluding tert-OH is 1. The molecule has 0 spiro atoms. The van der Waals surface area contributed by atoms with Crippen molar-refractivity contribution in [3.05, 3.63) is 47.5 Å². The standard InChI is InChI=1S/C14H14F2N2O2/c1-2-17-13-11(15)7-12(16)14(18-13)20-10-5-3-9(8-19)4-6-10/h3-7,19H,2,8H2,1H3,(H,17,18). The second-order valence-corrected chi connectivity index (χ2v) is 4.04. The van der Waals surface area contributed by atoms with Crippen LogP contribution in [-0.4, -0.2) is 16.6 Å². The highest BCUT2D eigenvalue weighted by Crippen LogP contribution is 2.26. The van der Waals surface area contributed by atoms with Crippen LogP contribution in [0.15, 0.2) is 30.3 Å². The molecule has 2 rings (SSSR count). The van der Waals surface area contributed by atoms with Gasteiger partial charge in [-0.25, -0.2) is 8.78 Å². The molecule has 1 heterocycles. The number of pyridine rings is 1. The van der Waals surface area contributed by atoms with Gasteiger partial charge in [0.1, 0.15) is 5.75 Å². The minimum atomic E-state index is -0.879. The molecule has 0 aliphatic carbocycles. The predicted octanol–water partition coefficient (Wildman–Crippen LogP) is 3.08. The molecule has 0 unspecified atom stereocenters. The molecule has 0 bridgehead atoms. The zero-order chi connectivity index (χ0) is 14.5. The molecule has 4 nitrogen and oxygen atoms in total. The van der Waals surface area contributed by atoms with Crippen LogP contribution in [0.25, 0.3) is 0 Å². The van der Waals surface area contributed by atoms with Crippen molar-refractivity contribution in [3.63, 3.8) is 0 Å². The Labute approximate surface area is 115 Å². The van der Waals surface area contributed by atoms with Gasteiger partial charge in [0.25, 0.3) is 5.88 Å². The van der Waals surface area contributed by atoms with E-state index >= 15 is 0 Å². The second-order valence-electron chi connectivity index (χ2n) is 4.04. The summed E-state index contributed by atoms with van der Waals surface area (Å²) in [5, 5.41) is 11.6. The summed E-state index contributed by atoms with van der Waals surface area (Å²) in [7, 11) is 0. The largest absolute Gasteiger partial charge is 0.436 e. The maximum atomic E-state index is 13.6. The third-order valence-corrected chi connectivity index (χ3v) is 2.56. The summed E-state index contributed by atoms with van der Waals surface area (Å²) in [4.78, 5) is 3.77. The number of hydrogen-bond donors (Lipinski definition) is 2. The first-order valence-electron chi connectivity index (χ1n) is 6.11.